The third-order valence-corrected chi connectivity index (χ3v) is 4.67. The van der Waals surface area contributed by atoms with Gasteiger partial charge in [-0.2, -0.15) is 0 Å². The number of hydrogen-bond donors (Lipinski definition) is 2. The number of benzene rings is 1. The van der Waals surface area contributed by atoms with Gasteiger partial charge < -0.3 is 15.2 Å². The predicted octanol–water partition coefficient (Wildman–Crippen LogP) is 1.96. The molecule has 2 heterocycles. The molecule has 1 aliphatic heterocycles. The lowest BCUT2D eigenvalue weighted by atomic mass is 10.1. The van der Waals surface area contributed by atoms with Gasteiger partial charge in [0, 0.05) is 61.4 Å². The minimum absolute atomic E-state index is 0.818. The first-order valence-corrected chi connectivity index (χ1v) is 8.50. The number of nitrogens with one attached hydrogen (secondary N) is 2. The summed E-state index contributed by atoms with van der Waals surface area (Å²) < 4.78 is 2.39. The molecule has 0 amide bonds. The van der Waals surface area contributed by atoms with Crippen LogP contribution in [0.2, 0.25) is 5.02 Å². The van der Waals surface area contributed by atoms with Crippen LogP contribution in [0.3, 0.4) is 0 Å². The first kappa shape index (κ1) is 15.8. The predicted molar refractivity (Wildman–Crippen MR) is 93.9 cm³/mol. The van der Waals surface area contributed by atoms with Gasteiger partial charge in [0.05, 0.1) is 0 Å². The molecule has 0 spiro atoms. The molecule has 2 aromatic rings. The van der Waals surface area contributed by atoms with Crippen LogP contribution in [-0.2, 0) is 13.0 Å². The van der Waals surface area contributed by atoms with E-state index >= 15 is 0 Å². The first-order chi connectivity index (χ1) is 10.8. The maximum absolute atomic E-state index is 6.19. The molecule has 22 heavy (non-hydrogen) atoms. The smallest absolute Gasteiger partial charge is 0.0484 e. The van der Waals surface area contributed by atoms with Crippen LogP contribution in [-0.4, -0.2) is 55.8 Å². The van der Waals surface area contributed by atoms with E-state index in [0.29, 0.717) is 0 Å². The van der Waals surface area contributed by atoms with Gasteiger partial charge in [-0.3, -0.25) is 4.90 Å². The number of piperazine rings is 1. The Balaban J connectivity index is 1.78. The molecule has 5 heteroatoms. The highest BCUT2D eigenvalue weighted by Crippen LogP contribution is 2.25. The molecule has 1 aromatic heterocycles. The first-order valence-electron chi connectivity index (χ1n) is 8.13. The highest BCUT2D eigenvalue weighted by atomic mass is 35.5. The molecule has 0 aliphatic carbocycles. The van der Waals surface area contributed by atoms with Gasteiger partial charge in [-0.15, -0.1) is 0 Å². The largest absolute Gasteiger partial charge is 0.346 e. The van der Waals surface area contributed by atoms with E-state index in [0.717, 1.165) is 57.3 Å². The van der Waals surface area contributed by atoms with Crippen molar-refractivity contribution in [1.29, 1.82) is 0 Å². The molecule has 0 unspecified atom stereocenters. The minimum Gasteiger partial charge on any atom is -0.346 e. The Bertz CT molecular complexity index is 616. The molecule has 1 saturated heterocycles. The average molecular weight is 321 g/mol. The summed E-state index contributed by atoms with van der Waals surface area (Å²) in [6.45, 7) is 7.65. The van der Waals surface area contributed by atoms with Crippen molar-refractivity contribution in [3.8, 4) is 0 Å². The van der Waals surface area contributed by atoms with Gasteiger partial charge >= 0.3 is 0 Å². The SMILES string of the molecule is CNCCc1cn(CCN2CCNCC2)c2ccc(Cl)cc12. The summed E-state index contributed by atoms with van der Waals surface area (Å²) in [5.74, 6) is 0. The molecule has 0 saturated carbocycles. The standard InChI is InChI=1S/C17H25ClN4/c1-19-5-4-14-13-22(11-10-21-8-6-20-7-9-21)17-3-2-15(18)12-16(14)17/h2-3,12-13,19-20H,4-11H2,1H3. The number of aromatic nitrogens is 1. The Morgan fingerprint density at radius 3 is 2.82 bits per heavy atom. The highest BCUT2D eigenvalue weighted by molar-refractivity contribution is 6.31. The van der Waals surface area contributed by atoms with E-state index in [1.54, 1.807) is 0 Å². The minimum atomic E-state index is 0.818. The molecule has 0 bridgehead atoms. The van der Waals surface area contributed by atoms with Crippen molar-refractivity contribution >= 4 is 22.5 Å². The highest BCUT2D eigenvalue weighted by Gasteiger charge is 2.12. The zero-order valence-corrected chi connectivity index (χ0v) is 14.0. The lowest BCUT2D eigenvalue weighted by Gasteiger charge is -2.27. The summed E-state index contributed by atoms with van der Waals surface area (Å²) in [5.41, 5.74) is 2.68. The maximum Gasteiger partial charge on any atom is 0.0484 e. The van der Waals surface area contributed by atoms with Crippen LogP contribution in [0.4, 0.5) is 0 Å². The molecular weight excluding hydrogens is 296 g/mol. The molecule has 1 aliphatic rings. The van der Waals surface area contributed by atoms with Crippen molar-refractivity contribution < 1.29 is 0 Å². The van der Waals surface area contributed by atoms with Gasteiger partial charge in [-0.1, -0.05) is 11.6 Å². The summed E-state index contributed by atoms with van der Waals surface area (Å²) >= 11 is 6.19. The van der Waals surface area contributed by atoms with Crippen LogP contribution < -0.4 is 10.6 Å². The third-order valence-electron chi connectivity index (χ3n) is 4.44. The molecule has 120 valence electrons. The number of fused-ring (bicyclic) bond motifs is 1. The van der Waals surface area contributed by atoms with Crippen LogP contribution >= 0.6 is 11.6 Å². The fraction of sp³-hybridized carbons (Fsp3) is 0.529. The molecule has 4 nitrogen and oxygen atoms in total. The lowest BCUT2D eigenvalue weighted by molar-refractivity contribution is 0.233. The van der Waals surface area contributed by atoms with Gasteiger partial charge in [0.15, 0.2) is 0 Å². The van der Waals surface area contributed by atoms with Crippen molar-refractivity contribution in [2.75, 3.05) is 46.3 Å². The maximum atomic E-state index is 6.19. The van der Waals surface area contributed by atoms with Crippen molar-refractivity contribution in [3.63, 3.8) is 0 Å². The second kappa shape index (κ2) is 7.47. The lowest BCUT2D eigenvalue weighted by Crippen LogP contribution is -2.44. The second-order valence-electron chi connectivity index (χ2n) is 5.95. The number of likely N-dealkylation sites (N-methyl/N-ethyl adjacent to an activating group) is 1. The molecule has 1 aromatic carbocycles. The normalized spacial score (nSPS) is 16.5. The number of hydrogen-bond acceptors (Lipinski definition) is 3. The molecule has 3 rings (SSSR count). The molecular formula is C17H25ClN4. The Kier molecular flexibility index (Phi) is 5.37. The Labute approximate surface area is 137 Å². The van der Waals surface area contributed by atoms with E-state index in [1.165, 1.54) is 16.5 Å². The van der Waals surface area contributed by atoms with Crippen molar-refractivity contribution in [2.45, 2.75) is 13.0 Å². The third kappa shape index (κ3) is 3.63. The topological polar surface area (TPSA) is 32.2 Å². The number of halogens is 1. The van der Waals surface area contributed by atoms with E-state index in [2.05, 4.69) is 38.4 Å². The monoisotopic (exact) mass is 320 g/mol. The quantitative estimate of drug-likeness (QED) is 0.853. The van der Waals surface area contributed by atoms with Crippen LogP contribution in [0.25, 0.3) is 10.9 Å². The molecule has 0 atom stereocenters. The van der Waals surface area contributed by atoms with Crippen molar-refractivity contribution in [1.82, 2.24) is 20.1 Å². The summed E-state index contributed by atoms with van der Waals surface area (Å²) in [5, 5.41) is 8.75. The second-order valence-corrected chi connectivity index (χ2v) is 6.39. The Hall–Kier alpha value is -1.07. The van der Waals surface area contributed by atoms with E-state index in [9.17, 15) is 0 Å². The van der Waals surface area contributed by atoms with Crippen LogP contribution in [0.15, 0.2) is 24.4 Å². The fourth-order valence-corrected chi connectivity index (χ4v) is 3.34. The number of rotatable bonds is 6. The zero-order valence-electron chi connectivity index (χ0n) is 13.2. The average Bonchev–Trinajstić information content (AvgIpc) is 2.89. The van der Waals surface area contributed by atoms with Crippen molar-refractivity contribution in [2.24, 2.45) is 0 Å². The zero-order chi connectivity index (χ0) is 15.4. The Morgan fingerprint density at radius 2 is 2.05 bits per heavy atom. The molecule has 2 N–H and O–H groups in total. The Morgan fingerprint density at radius 1 is 1.23 bits per heavy atom. The number of nitrogens with zero attached hydrogens (tertiary/aromatic N) is 2. The van der Waals surface area contributed by atoms with E-state index < -0.39 is 0 Å². The molecule has 0 radical (unpaired) electrons. The van der Waals surface area contributed by atoms with Gasteiger partial charge in [-0.25, -0.2) is 0 Å². The van der Waals surface area contributed by atoms with E-state index in [4.69, 9.17) is 11.6 Å². The van der Waals surface area contributed by atoms with Crippen LogP contribution in [0.1, 0.15) is 5.56 Å². The van der Waals surface area contributed by atoms with Gasteiger partial charge in [0.2, 0.25) is 0 Å². The summed E-state index contributed by atoms with van der Waals surface area (Å²) in [6, 6.07) is 6.24. The van der Waals surface area contributed by atoms with Gasteiger partial charge in [0.25, 0.3) is 0 Å². The van der Waals surface area contributed by atoms with Gasteiger partial charge in [-0.05, 0) is 43.8 Å². The summed E-state index contributed by atoms with van der Waals surface area (Å²) in [6.07, 6.45) is 3.34. The summed E-state index contributed by atoms with van der Waals surface area (Å²) in [7, 11) is 2.00. The van der Waals surface area contributed by atoms with Crippen LogP contribution in [0.5, 0.6) is 0 Å². The van der Waals surface area contributed by atoms with Gasteiger partial charge in [0.1, 0.15) is 0 Å². The van der Waals surface area contributed by atoms with E-state index in [1.807, 2.05) is 13.1 Å². The van der Waals surface area contributed by atoms with E-state index in [-0.39, 0.29) is 0 Å². The summed E-state index contributed by atoms with van der Waals surface area (Å²) in [4.78, 5) is 2.53. The fourth-order valence-electron chi connectivity index (χ4n) is 3.17. The molecule has 1 fully saturated rings. The van der Waals surface area contributed by atoms with Crippen LogP contribution in [0, 0.1) is 0 Å². The van der Waals surface area contributed by atoms with Crippen molar-refractivity contribution in [3.05, 3.63) is 35.0 Å².